The minimum atomic E-state index is 0. The molecule has 0 unspecified atom stereocenters. The van der Waals surface area contributed by atoms with Gasteiger partial charge in [-0.1, -0.05) is 194 Å². The summed E-state index contributed by atoms with van der Waals surface area (Å²) in [6.45, 7) is 0. The van der Waals surface area contributed by atoms with Gasteiger partial charge in [0.1, 0.15) is 0 Å². The van der Waals surface area contributed by atoms with E-state index in [2.05, 4.69) is 218 Å². The smallest absolute Gasteiger partial charge is 0.305 e. The van der Waals surface area contributed by atoms with E-state index < -0.39 is 0 Å². The molecule has 0 aliphatic heterocycles. The van der Waals surface area contributed by atoms with Gasteiger partial charge in [-0.25, -0.2) is 0 Å². The average molecular weight is 1600 g/mol. The number of hydrogen-bond donors (Lipinski definition) is 0. The standard InChI is InChI=1S/C90H54N6.2Ir/c1-7-52-91-82(22-1)67-40-28-61(29-41-67)76-16-13-17-77(62-30-42-68(43-31-62)83-23-2-8-53-92-83)88(76)73-58-74(89-78(63-32-44-69(45-33-63)84-24-3-9-54-93-84)18-14-19-79(89)64-34-46-70(47-35-64)85-25-4-10-55-94-85)60-75(59-73)90-80(65-36-48-71(49-37-65)86-26-5-11-56-95-86)20-15-21-81(90)66-38-50-72(51-39-66)87-27-6-12-57-96-87;;/h1-40,42,44,46,48,50,52-60H;;/q-6;2*+3. The van der Waals surface area contributed by atoms with Gasteiger partial charge in [-0.15, -0.1) is 179 Å². The maximum Gasteiger partial charge on any atom is 3.00 e. The van der Waals surface area contributed by atoms with Crippen molar-refractivity contribution in [2.45, 2.75) is 0 Å². The quantitative estimate of drug-likeness (QED) is 0.0952. The second-order valence-corrected chi connectivity index (χ2v) is 23.2. The fraction of sp³-hybridized carbons (Fsp3) is 0. The molecule has 0 aliphatic carbocycles. The first-order chi connectivity index (χ1) is 47.6. The topological polar surface area (TPSA) is 77.3 Å². The molecule has 462 valence electrons. The molecule has 6 nitrogen and oxygen atoms in total. The van der Waals surface area contributed by atoms with Gasteiger partial charge in [-0.3, -0.25) is 0 Å². The van der Waals surface area contributed by atoms with E-state index in [1.165, 1.54) is 0 Å². The zero-order valence-electron chi connectivity index (χ0n) is 52.5. The number of rotatable bonds is 15. The molecule has 0 fully saturated rings. The number of hydrogen-bond acceptors (Lipinski definition) is 6. The molecule has 98 heavy (non-hydrogen) atoms. The van der Waals surface area contributed by atoms with E-state index in [0.717, 1.165) is 168 Å². The summed E-state index contributed by atoms with van der Waals surface area (Å²) in [5.41, 5.74) is 28.7. The largest absolute Gasteiger partial charge is 3.00 e. The van der Waals surface area contributed by atoms with Crippen molar-refractivity contribution >= 4 is 0 Å². The van der Waals surface area contributed by atoms with Crippen molar-refractivity contribution in [1.82, 2.24) is 29.9 Å². The first-order valence-corrected chi connectivity index (χ1v) is 31.8. The van der Waals surface area contributed by atoms with E-state index in [-0.39, 0.29) is 40.2 Å². The Balaban J connectivity index is 0.00000411. The Morgan fingerprint density at radius 2 is 0.357 bits per heavy atom. The Hall–Kier alpha value is -11.6. The fourth-order valence-corrected chi connectivity index (χ4v) is 12.7. The molecule has 0 bridgehead atoms. The van der Waals surface area contributed by atoms with Gasteiger partial charge >= 0.3 is 40.2 Å². The summed E-state index contributed by atoms with van der Waals surface area (Å²) < 4.78 is 0. The minimum absolute atomic E-state index is 0. The van der Waals surface area contributed by atoms with Crippen molar-refractivity contribution in [1.29, 1.82) is 0 Å². The van der Waals surface area contributed by atoms with Crippen molar-refractivity contribution in [2.75, 3.05) is 0 Å². The normalized spacial score (nSPS) is 10.9. The predicted octanol–water partition coefficient (Wildman–Crippen LogP) is 21.9. The van der Waals surface area contributed by atoms with Crippen molar-refractivity contribution in [3.63, 3.8) is 0 Å². The Morgan fingerprint density at radius 1 is 0.173 bits per heavy atom. The molecule has 0 saturated heterocycles. The molecule has 8 heteroatoms. The molecule has 0 atom stereocenters. The summed E-state index contributed by atoms with van der Waals surface area (Å²) in [4.78, 5) is 28.2. The minimum Gasteiger partial charge on any atom is -0.305 e. The van der Waals surface area contributed by atoms with Crippen LogP contribution in [0.15, 0.2) is 328 Å². The zero-order chi connectivity index (χ0) is 64.0. The van der Waals surface area contributed by atoms with Gasteiger partial charge in [0.25, 0.3) is 0 Å². The summed E-state index contributed by atoms with van der Waals surface area (Å²) >= 11 is 0. The van der Waals surface area contributed by atoms with Crippen LogP contribution in [-0.2, 0) is 40.2 Å². The van der Waals surface area contributed by atoms with Gasteiger partial charge in [0.15, 0.2) is 0 Å². The van der Waals surface area contributed by atoms with Crippen LogP contribution in [0.1, 0.15) is 0 Å². The summed E-state index contributed by atoms with van der Waals surface area (Å²) in [6.07, 6.45) is 10.9. The van der Waals surface area contributed by atoms with E-state index in [1.54, 1.807) is 0 Å². The van der Waals surface area contributed by atoms with Crippen molar-refractivity contribution in [3.8, 4) is 168 Å². The molecule has 0 radical (unpaired) electrons. The summed E-state index contributed by atoms with van der Waals surface area (Å²) in [7, 11) is 0. The molecule has 16 rings (SSSR count). The van der Waals surface area contributed by atoms with E-state index >= 15 is 0 Å². The zero-order valence-corrected chi connectivity index (χ0v) is 57.3. The molecule has 16 aromatic rings. The molecular formula is C90H54Ir2N6. The molecular weight excluding hydrogens is 1550 g/mol. The Kier molecular flexibility index (Phi) is 19.0. The number of benzene rings is 10. The fourth-order valence-electron chi connectivity index (χ4n) is 12.7. The van der Waals surface area contributed by atoms with E-state index in [0.29, 0.717) is 0 Å². The second-order valence-electron chi connectivity index (χ2n) is 23.2. The molecule has 0 N–H and O–H groups in total. The van der Waals surface area contributed by atoms with Crippen LogP contribution in [0.3, 0.4) is 0 Å². The van der Waals surface area contributed by atoms with Crippen LogP contribution in [0.2, 0.25) is 0 Å². The molecule has 6 heterocycles. The molecule has 0 aliphatic rings. The number of aromatic nitrogens is 6. The van der Waals surface area contributed by atoms with E-state index in [1.807, 2.05) is 146 Å². The van der Waals surface area contributed by atoms with E-state index in [4.69, 9.17) is 29.9 Å². The molecule has 0 spiro atoms. The number of pyridine rings is 6. The van der Waals surface area contributed by atoms with Gasteiger partial charge in [0, 0.05) is 37.2 Å². The molecule has 0 saturated carbocycles. The van der Waals surface area contributed by atoms with Crippen LogP contribution >= 0.6 is 0 Å². The maximum absolute atomic E-state index is 4.71. The monoisotopic (exact) mass is 1600 g/mol. The number of nitrogens with zero attached hydrogens (tertiary/aromatic N) is 6. The second kappa shape index (κ2) is 29.2. The van der Waals surface area contributed by atoms with Gasteiger partial charge in [-0.2, -0.15) is 0 Å². The SMILES string of the molecule is [Ir+3].[Ir+3].[c-]1cc(-c2cccc(-c3c[c-]c(-c4ccccn4)cc3)c2-c2cc(-c3c(-c4c[c-]c(-c5ccccn5)cc4)cccc3-c3c[c-]c(-c4ccccn4)cc3)cc(-c3c(-c4c[c-]c(-c5ccccn5)cc4)cccc3-c3c[c-]c(-c4ccccn4)cc3)c2)ccc1-c1ccccn1. The maximum atomic E-state index is 4.71. The third kappa shape index (κ3) is 13.3. The van der Waals surface area contributed by atoms with Crippen molar-refractivity contribution < 1.29 is 40.2 Å². The van der Waals surface area contributed by atoms with Crippen LogP contribution in [0, 0.1) is 36.4 Å². The van der Waals surface area contributed by atoms with E-state index in [9.17, 15) is 0 Å². The molecule has 10 aromatic carbocycles. The Morgan fingerprint density at radius 3 is 0.500 bits per heavy atom. The van der Waals surface area contributed by atoms with Crippen LogP contribution in [0.4, 0.5) is 0 Å². The Bertz CT molecular complexity index is 4500. The van der Waals surface area contributed by atoms with Gasteiger partial charge in [-0.05, 0) is 122 Å². The van der Waals surface area contributed by atoms with Crippen LogP contribution in [0.25, 0.3) is 168 Å². The third-order valence-electron chi connectivity index (χ3n) is 17.4. The van der Waals surface area contributed by atoms with Gasteiger partial charge in [0.05, 0.1) is 0 Å². The van der Waals surface area contributed by atoms with Crippen LogP contribution in [0.5, 0.6) is 0 Å². The van der Waals surface area contributed by atoms with Crippen LogP contribution in [-0.4, -0.2) is 29.9 Å². The third-order valence-corrected chi connectivity index (χ3v) is 17.4. The van der Waals surface area contributed by atoms with Crippen molar-refractivity contribution in [3.05, 3.63) is 365 Å². The van der Waals surface area contributed by atoms with Crippen molar-refractivity contribution in [2.24, 2.45) is 0 Å². The average Bonchev–Trinajstić information content (AvgIpc) is 0.746. The summed E-state index contributed by atoms with van der Waals surface area (Å²) in [5, 5.41) is 0. The van der Waals surface area contributed by atoms with Gasteiger partial charge in [0.2, 0.25) is 0 Å². The van der Waals surface area contributed by atoms with Gasteiger partial charge < -0.3 is 29.9 Å². The molecule has 0 amide bonds. The summed E-state index contributed by atoms with van der Waals surface area (Å²) in [6, 6.07) is 123. The van der Waals surface area contributed by atoms with Crippen LogP contribution < -0.4 is 0 Å². The first-order valence-electron chi connectivity index (χ1n) is 31.8. The predicted molar refractivity (Wildman–Crippen MR) is 388 cm³/mol. The first kappa shape index (κ1) is 63.8. The summed E-state index contributed by atoms with van der Waals surface area (Å²) in [5.74, 6) is 0. The molecule has 6 aromatic heterocycles. The Labute approximate surface area is 598 Å².